The van der Waals surface area contributed by atoms with Gasteiger partial charge in [0.05, 0.1) is 107 Å². The van der Waals surface area contributed by atoms with Gasteiger partial charge in [0.1, 0.15) is 0 Å². The lowest BCUT2D eigenvalue weighted by Gasteiger charge is -2.29. The zero-order valence-corrected chi connectivity index (χ0v) is 57.1. The maximum absolute atomic E-state index is 15.0. The highest BCUT2D eigenvalue weighted by atomic mass is 16.5. The van der Waals surface area contributed by atoms with E-state index in [4.69, 9.17) is 28.4 Å². The molecule has 0 aliphatic heterocycles. The van der Waals surface area contributed by atoms with E-state index in [9.17, 15) is 0 Å². The molecule has 0 N–H and O–H groups in total. The molecule has 0 unspecified atom stereocenters. The number of hydrogen-bond acceptors (Lipinski definition) is 12. The van der Waals surface area contributed by atoms with Crippen molar-refractivity contribution >= 4 is 35.8 Å². The Bertz CT molecular complexity index is 4370. The molecule has 102 heavy (non-hydrogen) atoms. The van der Waals surface area contributed by atoms with Crippen molar-refractivity contribution in [3.05, 3.63) is 290 Å². The Balaban J connectivity index is 1.38. The first-order valence-corrected chi connectivity index (χ1v) is 33.8. The van der Waals surface area contributed by atoms with E-state index >= 15 is 28.8 Å². The summed E-state index contributed by atoms with van der Waals surface area (Å²) in [6.07, 6.45) is 21.1. The predicted octanol–water partition coefficient (Wildman–Crippen LogP) is 17.5. The second kappa shape index (κ2) is 30.0. The summed E-state index contributed by atoms with van der Waals surface area (Å²) in [4.78, 5) is 90.3. The molecule has 0 saturated carbocycles. The van der Waals surface area contributed by atoms with Crippen LogP contribution in [0.1, 0.15) is 104 Å². The molecule has 0 aliphatic rings. The normalized spacial score (nSPS) is 11.1. The number of nitrogens with zero attached hydrogens (tertiary/aromatic N) is 6. The summed E-state index contributed by atoms with van der Waals surface area (Å²) in [6.45, 7) is 10.5. The molecule has 0 aliphatic carbocycles. The number of benzene rings is 7. The van der Waals surface area contributed by atoms with Gasteiger partial charge >= 0.3 is 35.8 Å². The summed E-state index contributed by atoms with van der Waals surface area (Å²) in [7, 11) is 0. The maximum atomic E-state index is 15.0. The van der Waals surface area contributed by atoms with Gasteiger partial charge in [-0.25, -0.2) is 28.8 Å². The molecule has 0 spiro atoms. The van der Waals surface area contributed by atoms with Crippen molar-refractivity contribution in [2.75, 3.05) is 39.6 Å². The highest BCUT2D eigenvalue weighted by Crippen LogP contribution is 2.49. The third kappa shape index (κ3) is 13.2. The topological polar surface area (TPSA) is 187 Å². The largest absolute Gasteiger partial charge is 0.462 e. The van der Waals surface area contributed by atoms with E-state index in [2.05, 4.69) is 0 Å². The fourth-order valence-electron chi connectivity index (χ4n) is 13.0. The quantitative estimate of drug-likeness (QED) is 0.0412. The van der Waals surface area contributed by atoms with Crippen LogP contribution in [0.3, 0.4) is 0 Å². The van der Waals surface area contributed by atoms with Crippen molar-refractivity contribution in [1.29, 1.82) is 0 Å². The summed E-state index contributed by atoms with van der Waals surface area (Å²) in [6, 6.07) is 56.3. The van der Waals surface area contributed by atoms with Gasteiger partial charge in [0.15, 0.2) is 0 Å². The number of carbonyl (C=O) groups excluding carboxylic acids is 6. The smallest absolute Gasteiger partial charge is 0.340 e. The van der Waals surface area contributed by atoms with Gasteiger partial charge in [-0.15, -0.1) is 0 Å². The van der Waals surface area contributed by atoms with Crippen molar-refractivity contribution in [1.82, 2.24) is 27.4 Å². The van der Waals surface area contributed by atoms with Gasteiger partial charge in [-0.2, -0.15) is 0 Å². The first-order valence-electron chi connectivity index (χ1n) is 33.8. The highest BCUT2D eigenvalue weighted by Gasteiger charge is 2.37. The minimum Gasteiger partial charge on any atom is -0.462 e. The van der Waals surface area contributed by atoms with Gasteiger partial charge < -0.3 is 55.8 Å². The van der Waals surface area contributed by atoms with Crippen LogP contribution in [0, 0.1) is 0 Å². The first-order chi connectivity index (χ1) is 49.9. The van der Waals surface area contributed by atoms with Crippen LogP contribution in [-0.2, 0) is 28.4 Å². The van der Waals surface area contributed by atoms with E-state index in [0.717, 1.165) is 0 Å². The number of ether oxygens (including phenoxy) is 6. The molecule has 18 heteroatoms. The second-order valence-corrected chi connectivity index (χ2v) is 23.6. The Morgan fingerprint density at radius 2 is 0.333 bits per heavy atom. The first kappa shape index (κ1) is 67.6. The average Bonchev–Trinajstić information content (AvgIpc) is 1.48. The zero-order valence-electron chi connectivity index (χ0n) is 57.1. The Labute approximate surface area is 589 Å². The number of esters is 6. The number of aromatic nitrogens is 6. The van der Waals surface area contributed by atoms with E-state index < -0.39 is 35.8 Å². The van der Waals surface area contributed by atoms with E-state index in [0.29, 0.717) is 66.8 Å². The van der Waals surface area contributed by atoms with Crippen molar-refractivity contribution < 1.29 is 57.2 Å². The molecule has 0 amide bonds. The van der Waals surface area contributed by atoms with Crippen molar-refractivity contribution in [3.63, 3.8) is 0 Å². The van der Waals surface area contributed by atoms with E-state index in [1.54, 1.807) is 78.7 Å². The molecule has 0 bridgehead atoms. The van der Waals surface area contributed by atoms with Crippen molar-refractivity contribution in [2.24, 2.45) is 0 Å². The van der Waals surface area contributed by atoms with Crippen LogP contribution in [-0.4, -0.2) is 103 Å². The zero-order chi connectivity index (χ0) is 71.0. The molecule has 0 saturated heterocycles. The third-order valence-corrected chi connectivity index (χ3v) is 17.3. The Morgan fingerprint density at radius 1 is 0.206 bits per heavy atom. The SMILES string of the molecule is CCOC(=O)c1cn(-c2c(-n3cc(C(=O)OCC)c(-c4ccccc4)c3)c(-n3cc(C(=O)OCC)c(-c4ccccc4)c3)c(-n3cc(C(=O)OCC)c(-c4ccccc4)c3)c(-n3cc(C(=O)OCC)c(-c4ccccc4)c3)c2-n2cc(C(=O)OCC)c(-c3ccccc3)c2)cc1-c1ccccc1. The molecular formula is C84H72N6O12. The maximum Gasteiger partial charge on any atom is 0.340 e. The highest BCUT2D eigenvalue weighted by molar-refractivity contribution is 6.04. The lowest BCUT2D eigenvalue weighted by Crippen LogP contribution is -2.18. The molecule has 0 fully saturated rings. The van der Waals surface area contributed by atoms with Gasteiger partial charge in [-0.1, -0.05) is 182 Å². The fraction of sp³-hybridized carbons (Fsp3) is 0.143. The molecule has 13 rings (SSSR count). The predicted molar refractivity (Wildman–Crippen MR) is 391 cm³/mol. The lowest BCUT2D eigenvalue weighted by atomic mass is 10.0. The second-order valence-electron chi connectivity index (χ2n) is 23.6. The standard InChI is InChI=1S/C84H72N6O12/c1-7-97-79(91)67-49-85(43-61(67)55-31-19-13-20-32-55)73-74(86-44-62(56-33-21-14-22-34-56)68(50-86)80(92)98-8-2)76(88-46-64(58-37-25-16-26-38-58)70(52-88)82(94)100-10-4)78(90-48-66(60-41-29-18-30-42-60)72(54-90)84(96)102-12-6)77(89-47-65(59-39-27-17-28-40-59)71(53-89)83(95)101-11-5)75(73)87-45-63(57-35-23-15-24-36-57)69(51-87)81(93)99-9-3/h13-54H,7-12H2,1-6H3. The summed E-state index contributed by atoms with van der Waals surface area (Å²) in [5.41, 5.74) is 9.13. The monoisotopic (exact) mass is 1360 g/mol. The minimum absolute atomic E-state index is 0.0260. The summed E-state index contributed by atoms with van der Waals surface area (Å²) < 4.78 is 46.6. The van der Waals surface area contributed by atoms with Gasteiger partial charge in [-0.3, -0.25) is 0 Å². The Kier molecular flexibility index (Phi) is 19.9. The number of carbonyl (C=O) groups is 6. The molecule has 13 aromatic rings. The lowest BCUT2D eigenvalue weighted by molar-refractivity contribution is 0.0517. The molecule has 7 aromatic carbocycles. The van der Waals surface area contributed by atoms with E-state index in [-0.39, 0.29) is 107 Å². The van der Waals surface area contributed by atoms with Gasteiger partial charge in [0, 0.05) is 108 Å². The Morgan fingerprint density at radius 3 is 0.451 bits per heavy atom. The molecule has 18 nitrogen and oxygen atoms in total. The molecule has 6 heterocycles. The summed E-state index contributed by atoms with van der Waals surface area (Å²) in [5.74, 6) is -3.89. The van der Waals surface area contributed by atoms with E-state index in [1.807, 2.05) is 247 Å². The number of hydrogen-bond donors (Lipinski definition) is 0. The van der Waals surface area contributed by atoms with Crippen LogP contribution >= 0.6 is 0 Å². The van der Waals surface area contributed by atoms with Crippen LogP contribution in [0.5, 0.6) is 0 Å². The van der Waals surface area contributed by atoms with Gasteiger partial charge in [0.25, 0.3) is 0 Å². The van der Waals surface area contributed by atoms with Crippen molar-refractivity contribution in [2.45, 2.75) is 41.5 Å². The van der Waals surface area contributed by atoms with Crippen molar-refractivity contribution in [3.8, 4) is 101 Å². The van der Waals surface area contributed by atoms with E-state index in [1.165, 1.54) is 0 Å². The fourth-order valence-corrected chi connectivity index (χ4v) is 13.0. The van der Waals surface area contributed by atoms with Crippen LogP contribution in [0.4, 0.5) is 0 Å². The number of rotatable bonds is 24. The van der Waals surface area contributed by atoms with Gasteiger partial charge in [0.2, 0.25) is 0 Å². The Hall–Kier alpha value is -13.0. The molecular weight excluding hydrogens is 1280 g/mol. The summed E-state index contributed by atoms with van der Waals surface area (Å²) in [5, 5.41) is 0. The average molecular weight is 1360 g/mol. The minimum atomic E-state index is -0.648. The van der Waals surface area contributed by atoms with Crippen LogP contribution < -0.4 is 0 Å². The van der Waals surface area contributed by atoms with Crippen LogP contribution in [0.15, 0.2) is 256 Å². The summed E-state index contributed by atoms with van der Waals surface area (Å²) >= 11 is 0. The van der Waals surface area contributed by atoms with Crippen LogP contribution in [0.25, 0.3) is 101 Å². The van der Waals surface area contributed by atoms with Crippen LogP contribution in [0.2, 0.25) is 0 Å². The molecule has 0 radical (unpaired) electrons. The third-order valence-electron chi connectivity index (χ3n) is 17.3. The molecule has 510 valence electrons. The van der Waals surface area contributed by atoms with Gasteiger partial charge in [-0.05, 0) is 74.9 Å². The molecule has 0 atom stereocenters. The molecule has 6 aromatic heterocycles.